The van der Waals surface area contributed by atoms with Crippen LogP contribution in [0.15, 0.2) is 12.1 Å². The van der Waals surface area contributed by atoms with Gasteiger partial charge in [-0.3, -0.25) is 0 Å². The fourth-order valence-electron chi connectivity index (χ4n) is 2.64. The van der Waals surface area contributed by atoms with Crippen LogP contribution in [0.3, 0.4) is 0 Å². The molecule has 0 saturated carbocycles. The van der Waals surface area contributed by atoms with Crippen molar-refractivity contribution in [2.75, 3.05) is 18.0 Å². The van der Waals surface area contributed by atoms with Crippen molar-refractivity contribution in [1.82, 2.24) is 0 Å². The Balaban J connectivity index is 2.35. The summed E-state index contributed by atoms with van der Waals surface area (Å²) in [5.74, 6) is 0.817. The van der Waals surface area contributed by atoms with Gasteiger partial charge in [-0.1, -0.05) is 13.8 Å². The van der Waals surface area contributed by atoms with Gasteiger partial charge in [-0.15, -0.1) is 0 Å². The van der Waals surface area contributed by atoms with E-state index in [0.29, 0.717) is 11.7 Å². The van der Waals surface area contributed by atoms with Gasteiger partial charge in [0.15, 0.2) is 0 Å². The number of phenols is 1. The molecule has 2 rings (SSSR count). The maximum absolute atomic E-state index is 9.97. The highest BCUT2D eigenvalue weighted by atomic mass is 16.3. The number of hydrogen-bond acceptors (Lipinski definition) is 2. The fraction of sp³-hybridized carbons (Fsp3) is 0.600. The Bertz CT molecular complexity index is 392. The van der Waals surface area contributed by atoms with Crippen LogP contribution in [0.4, 0.5) is 5.69 Å². The van der Waals surface area contributed by atoms with Crippen molar-refractivity contribution in [3.05, 3.63) is 23.3 Å². The molecule has 2 nitrogen and oxygen atoms in total. The van der Waals surface area contributed by atoms with Crippen molar-refractivity contribution in [3.8, 4) is 5.75 Å². The fourth-order valence-corrected chi connectivity index (χ4v) is 2.64. The van der Waals surface area contributed by atoms with Gasteiger partial charge < -0.3 is 10.0 Å². The van der Waals surface area contributed by atoms with Crippen LogP contribution in [0.1, 0.15) is 50.2 Å². The van der Waals surface area contributed by atoms with Gasteiger partial charge in [0.25, 0.3) is 0 Å². The van der Waals surface area contributed by atoms with E-state index in [9.17, 15) is 5.11 Å². The van der Waals surface area contributed by atoms with Crippen molar-refractivity contribution in [1.29, 1.82) is 0 Å². The Hall–Kier alpha value is -1.18. The molecule has 1 heterocycles. The second-order valence-corrected chi connectivity index (χ2v) is 5.40. The average molecular weight is 233 g/mol. The van der Waals surface area contributed by atoms with E-state index in [1.54, 1.807) is 0 Å². The minimum Gasteiger partial charge on any atom is -0.508 e. The normalized spacial score (nSPS) is 16.6. The van der Waals surface area contributed by atoms with Crippen LogP contribution >= 0.6 is 0 Å². The Labute approximate surface area is 104 Å². The molecule has 0 aromatic heterocycles. The van der Waals surface area contributed by atoms with E-state index in [1.807, 2.05) is 6.07 Å². The maximum atomic E-state index is 9.97. The highest BCUT2D eigenvalue weighted by Crippen LogP contribution is 2.33. The molecule has 1 fully saturated rings. The SMILES string of the molecule is Cc1cc(O)c(C(C)C)cc1N1CCCCC1. The quantitative estimate of drug-likeness (QED) is 0.839. The van der Waals surface area contributed by atoms with Crippen molar-refractivity contribution in [2.45, 2.75) is 46.0 Å². The zero-order chi connectivity index (χ0) is 12.4. The van der Waals surface area contributed by atoms with Crippen LogP contribution in [0.5, 0.6) is 5.75 Å². The summed E-state index contributed by atoms with van der Waals surface area (Å²) in [5, 5.41) is 9.97. The molecule has 0 bridgehead atoms. The molecular weight excluding hydrogens is 210 g/mol. The van der Waals surface area contributed by atoms with E-state index in [2.05, 4.69) is 31.7 Å². The molecule has 0 unspecified atom stereocenters. The van der Waals surface area contributed by atoms with Gasteiger partial charge in [-0.25, -0.2) is 0 Å². The van der Waals surface area contributed by atoms with Gasteiger partial charge in [-0.2, -0.15) is 0 Å². The van der Waals surface area contributed by atoms with Crippen molar-refractivity contribution in [3.63, 3.8) is 0 Å². The van der Waals surface area contributed by atoms with Gasteiger partial charge in [0.1, 0.15) is 5.75 Å². The lowest BCUT2D eigenvalue weighted by Crippen LogP contribution is -2.30. The molecule has 1 aromatic carbocycles. The van der Waals surface area contributed by atoms with Gasteiger partial charge in [0, 0.05) is 18.8 Å². The molecule has 0 spiro atoms. The number of benzene rings is 1. The number of aryl methyl sites for hydroxylation is 1. The highest BCUT2D eigenvalue weighted by molar-refractivity contribution is 5.59. The second kappa shape index (κ2) is 4.99. The Kier molecular flexibility index (Phi) is 3.60. The van der Waals surface area contributed by atoms with Crippen LogP contribution in [-0.4, -0.2) is 18.2 Å². The number of aromatic hydroxyl groups is 1. The number of piperidine rings is 1. The van der Waals surface area contributed by atoms with Gasteiger partial charge in [-0.05, 0) is 55.4 Å². The number of rotatable bonds is 2. The first-order chi connectivity index (χ1) is 8.09. The zero-order valence-corrected chi connectivity index (χ0v) is 11.2. The van der Waals surface area contributed by atoms with E-state index in [0.717, 1.165) is 18.7 Å². The van der Waals surface area contributed by atoms with Crippen molar-refractivity contribution < 1.29 is 5.11 Å². The second-order valence-electron chi connectivity index (χ2n) is 5.40. The summed E-state index contributed by atoms with van der Waals surface area (Å²) in [6, 6.07) is 4.10. The predicted octanol–water partition coefficient (Wildman–Crippen LogP) is 3.81. The van der Waals surface area contributed by atoms with Crippen molar-refractivity contribution in [2.24, 2.45) is 0 Å². The van der Waals surface area contributed by atoms with Crippen LogP contribution in [0, 0.1) is 6.92 Å². The lowest BCUT2D eigenvalue weighted by atomic mass is 9.98. The molecule has 1 saturated heterocycles. The van der Waals surface area contributed by atoms with E-state index in [-0.39, 0.29) is 0 Å². The third-order valence-corrected chi connectivity index (χ3v) is 3.66. The number of hydrogen-bond donors (Lipinski definition) is 1. The van der Waals surface area contributed by atoms with Gasteiger partial charge in [0.05, 0.1) is 0 Å². The van der Waals surface area contributed by atoms with Crippen LogP contribution < -0.4 is 4.90 Å². The monoisotopic (exact) mass is 233 g/mol. The van der Waals surface area contributed by atoms with E-state index < -0.39 is 0 Å². The summed E-state index contributed by atoms with van der Waals surface area (Å²) in [6.45, 7) is 8.66. The highest BCUT2D eigenvalue weighted by Gasteiger charge is 2.16. The van der Waals surface area contributed by atoms with Crippen LogP contribution in [0.25, 0.3) is 0 Å². The first-order valence-electron chi connectivity index (χ1n) is 6.68. The lowest BCUT2D eigenvalue weighted by Gasteiger charge is -2.31. The molecule has 1 aliphatic heterocycles. The first kappa shape index (κ1) is 12.3. The summed E-state index contributed by atoms with van der Waals surface area (Å²) in [6.07, 6.45) is 3.93. The molecule has 1 aromatic rings. The lowest BCUT2D eigenvalue weighted by molar-refractivity contribution is 0.464. The standard InChI is InChI=1S/C15H23NO/c1-11(2)13-10-14(12(3)9-15(13)17)16-7-5-4-6-8-16/h9-11,17H,4-8H2,1-3H3. The molecular formula is C15H23NO. The van der Waals surface area contributed by atoms with Crippen LogP contribution in [-0.2, 0) is 0 Å². The molecule has 2 heteroatoms. The topological polar surface area (TPSA) is 23.5 Å². The summed E-state index contributed by atoms with van der Waals surface area (Å²) in [7, 11) is 0. The maximum Gasteiger partial charge on any atom is 0.119 e. The number of phenolic OH excluding ortho intramolecular Hbond substituents is 1. The number of nitrogens with zero attached hydrogens (tertiary/aromatic N) is 1. The molecule has 0 aliphatic carbocycles. The summed E-state index contributed by atoms with van der Waals surface area (Å²) >= 11 is 0. The number of anilines is 1. The molecule has 1 aliphatic rings. The van der Waals surface area contributed by atoms with Crippen LogP contribution in [0.2, 0.25) is 0 Å². The molecule has 17 heavy (non-hydrogen) atoms. The third-order valence-electron chi connectivity index (χ3n) is 3.66. The smallest absolute Gasteiger partial charge is 0.119 e. The summed E-state index contributed by atoms with van der Waals surface area (Å²) < 4.78 is 0. The van der Waals surface area contributed by atoms with Gasteiger partial charge >= 0.3 is 0 Å². The summed E-state index contributed by atoms with van der Waals surface area (Å²) in [4.78, 5) is 2.46. The molecule has 0 amide bonds. The van der Waals surface area contributed by atoms with Gasteiger partial charge in [0.2, 0.25) is 0 Å². The zero-order valence-electron chi connectivity index (χ0n) is 11.2. The largest absolute Gasteiger partial charge is 0.508 e. The van der Waals surface area contributed by atoms with E-state index >= 15 is 0 Å². The predicted molar refractivity (Wildman–Crippen MR) is 73.0 cm³/mol. The summed E-state index contributed by atoms with van der Waals surface area (Å²) in [5.41, 5.74) is 3.57. The molecule has 94 valence electrons. The van der Waals surface area contributed by atoms with Crippen molar-refractivity contribution >= 4 is 5.69 Å². The Morgan fingerprint density at radius 3 is 2.35 bits per heavy atom. The molecule has 0 atom stereocenters. The minimum absolute atomic E-state index is 0.374. The first-order valence-corrected chi connectivity index (χ1v) is 6.68. The van der Waals surface area contributed by atoms with E-state index in [4.69, 9.17) is 0 Å². The minimum atomic E-state index is 0.374. The Morgan fingerprint density at radius 2 is 1.76 bits per heavy atom. The average Bonchev–Trinajstić information content (AvgIpc) is 2.29. The Morgan fingerprint density at radius 1 is 1.12 bits per heavy atom. The third kappa shape index (κ3) is 2.56. The molecule has 1 N–H and O–H groups in total. The molecule has 0 radical (unpaired) electrons. The van der Waals surface area contributed by atoms with E-state index in [1.165, 1.54) is 30.5 Å².